The SMILES string of the molecule is CO/N=C1\CS(=O)(=O)c2cc(C(=O)N=C(N)N)c(C(F)(F)F)cc21. The molecule has 0 radical (unpaired) electrons. The zero-order valence-electron chi connectivity index (χ0n) is 12.1. The molecule has 0 bridgehead atoms. The fourth-order valence-corrected chi connectivity index (χ4v) is 3.71. The molecule has 1 aliphatic heterocycles. The maximum Gasteiger partial charge on any atom is 0.417 e. The molecule has 0 fully saturated rings. The van der Waals surface area contributed by atoms with E-state index in [0.717, 1.165) is 7.11 Å². The van der Waals surface area contributed by atoms with Crippen LogP contribution in [0, 0.1) is 0 Å². The predicted octanol–water partition coefficient (Wildman–Crippen LogP) is 0.257. The molecule has 2 rings (SSSR count). The van der Waals surface area contributed by atoms with Gasteiger partial charge < -0.3 is 16.3 Å². The van der Waals surface area contributed by atoms with Crippen LogP contribution in [-0.4, -0.2) is 38.9 Å². The lowest BCUT2D eigenvalue weighted by atomic mass is 10.0. The average molecular weight is 364 g/mol. The monoisotopic (exact) mass is 364 g/mol. The Morgan fingerprint density at radius 1 is 1.29 bits per heavy atom. The number of benzene rings is 1. The highest BCUT2D eigenvalue weighted by molar-refractivity contribution is 7.92. The average Bonchev–Trinajstić information content (AvgIpc) is 2.67. The lowest BCUT2D eigenvalue weighted by Crippen LogP contribution is -2.25. The molecule has 24 heavy (non-hydrogen) atoms. The molecule has 1 heterocycles. The molecule has 0 aliphatic carbocycles. The lowest BCUT2D eigenvalue weighted by molar-refractivity contribution is -0.138. The van der Waals surface area contributed by atoms with Gasteiger partial charge in [0.1, 0.15) is 18.6 Å². The summed E-state index contributed by atoms with van der Waals surface area (Å²) < 4.78 is 63.9. The summed E-state index contributed by atoms with van der Waals surface area (Å²) in [6.45, 7) is 0. The van der Waals surface area contributed by atoms with Crippen LogP contribution in [0.5, 0.6) is 0 Å². The van der Waals surface area contributed by atoms with E-state index in [-0.39, 0.29) is 11.3 Å². The molecule has 1 aliphatic rings. The molecule has 0 saturated carbocycles. The molecular weight excluding hydrogens is 353 g/mol. The van der Waals surface area contributed by atoms with Gasteiger partial charge in [0, 0.05) is 5.56 Å². The third-order valence-corrected chi connectivity index (χ3v) is 4.72. The van der Waals surface area contributed by atoms with Gasteiger partial charge in [0.15, 0.2) is 15.8 Å². The number of alkyl halides is 3. The number of rotatable bonds is 2. The molecule has 0 saturated heterocycles. The van der Waals surface area contributed by atoms with Gasteiger partial charge in [-0.15, -0.1) is 0 Å². The van der Waals surface area contributed by atoms with Crippen LogP contribution in [0.1, 0.15) is 21.5 Å². The Hall–Kier alpha value is -2.63. The first-order valence-electron chi connectivity index (χ1n) is 6.19. The molecule has 1 amide bonds. The number of nitrogens with zero attached hydrogens (tertiary/aromatic N) is 2. The van der Waals surface area contributed by atoms with Gasteiger partial charge in [-0.1, -0.05) is 5.16 Å². The Bertz CT molecular complexity index is 871. The molecule has 0 aromatic heterocycles. The Labute approximate surface area is 133 Å². The van der Waals surface area contributed by atoms with Gasteiger partial charge in [-0.25, -0.2) is 8.42 Å². The first-order valence-corrected chi connectivity index (χ1v) is 7.85. The second-order valence-corrected chi connectivity index (χ2v) is 6.67. The summed E-state index contributed by atoms with van der Waals surface area (Å²) in [5.41, 5.74) is 7.14. The maximum absolute atomic E-state index is 13.2. The van der Waals surface area contributed by atoms with E-state index in [0.29, 0.717) is 12.1 Å². The molecule has 0 atom stereocenters. The van der Waals surface area contributed by atoms with E-state index in [1.807, 2.05) is 0 Å². The molecule has 4 N–H and O–H groups in total. The van der Waals surface area contributed by atoms with Gasteiger partial charge in [0.2, 0.25) is 0 Å². The number of halogens is 3. The molecule has 1 aromatic carbocycles. The number of amides is 1. The van der Waals surface area contributed by atoms with Crippen molar-refractivity contribution in [3.05, 3.63) is 28.8 Å². The Morgan fingerprint density at radius 2 is 1.92 bits per heavy atom. The van der Waals surface area contributed by atoms with Crippen molar-refractivity contribution in [2.45, 2.75) is 11.1 Å². The minimum Gasteiger partial charge on any atom is -0.399 e. The maximum atomic E-state index is 13.2. The fourth-order valence-electron chi connectivity index (χ4n) is 2.17. The molecule has 0 spiro atoms. The largest absolute Gasteiger partial charge is 0.417 e. The number of hydrogen-bond acceptors (Lipinski definition) is 5. The number of fused-ring (bicyclic) bond motifs is 1. The van der Waals surface area contributed by atoms with E-state index in [2.05, 4.69) is 15.0 Å². The summed E-state index contributed by atoms with van der Waals surface area (Å²) in [7, 11) is -2.84. The Morgan fingerprint density at radius 3 is 2.42 bits per heavy atom. The van der Waals surface area contributed by atoms with Gasteiger partial charge in [-0.2, -0.15) is 18.2 Å². The van der Waals surface area contributed by atoms with Crippen LogP contribution in [0.3, 0.4) is 0 Å². The van der Waals surface area contributed by atoms with Crippen molar-refractivity contribution in [2.75, 3.05) is 12.9 Å². The van der Waals surface area contributed by atoms with Crippen LogP contribution in [0.25, 0.3) is 0 Å². The van der Waals surface area contributed by atoms with Crippen molar-refractivity contribution in [3.63, 3.8) is 0 Å². The van der Waals surface area contributed by atoms with Crippen molar-refractivity contribution < 1.29 is 31.2 Å². The molecule has 0 unspecified atom stereocenters. The molecule has 8 nitrogen and oxygen atoms in total. The van der Waals surface area contributed by atoms with Crippen LogP contribution in [0.2, 0.25) is 0 Å². The van der Waals surface area contributed by atoms with Crippen molar-refractivity contribution in [1.82, 2.24) is 0 Å². The lowest BCUT2D eigenvalue weighted by Gasteiger charge is -2.12. The van der Waals surface area contributed by atoms with Gasteiger partial charge in [-0.3, -0.25) is 4.79 Å². The number of hydrogen-bond donors (Lipinski definition) is 2. The molecular formula is C12H11F3N4O4S. The number of oxime groups is 1. The van der Waals surface area contributed by atoms with E-state index in [9.17, 15) is 26.4 Å². The van der Waals surface area contributed by atoms with E-state index in [1.165, 1.54) is 0 Å². The topological polar surface area (TPSA) is 137 Å². The zero-order chi connectivity index (χ0) is 18.3. The van der Waals surface area contributed by atoms with Gasteiger partial charge in [0.25, 0.3) is 5.91 Å². The van der Waals surface area contributed by atoms with Crippen LogP contribution in [-0.2, 0) is 20.9 Å². The van der Waals surface area contributed by atoms with Crippen LogP contribution in [0.4, 0.5) is 13.2 Å². The zero-order valence-corrected chi connectivity index (χ0v) is 12.9. The quantitative estimate of drug-likeness (QED) is 0.439. The summed E-state index contributed by atoms with van der Waals surface area (Å²) in [6, 6.07) is 1.12. The number of guanidine groups is 1. The summed E-state index contributed by atoms with van der Waals surface area (Å²) >= 11 is 0. The molecule has 130 valence electrons. The minimum absolute atomic E-state index is 0.196. The third kappa shape index (κ3) is 3.18. The highest BCUT2D eigenvalue weighted by Gasteiger charge is 2.41. The van der Waals surface area contributed by atoms with Crippen molar-refractivity contribution >= 4 is 27.4 Å². The molecule has 12 heteroatoms. The second-order valence-electron chi connectivity index (χ2n) is 4.71. The van der Waals surface area contributed by atoms with Crippen molar-refractivity contribution in [2.24, 2.45) is 21.6 Å². The van der Waals surface area contributed by atoms with Gasteiger partial charge in [-0.05, 0) is 12.1 Å². The third-order valence-electron chi connectivity index (χ3n) is 3.06. The van der Waals surface area contributed by atoms with Crippen LogP contribution in [0.15, 0.2) is 27.2 Å². The number of carbonyl (C=O) groups is 1. The van der Waals surface area contributed by atoms with Crippen LogP contribution < -0.4 is 11.5 Å². The first kappa shape index (κ1) is 17.7. The standard InChI is InChI=1S/C12H11F3N4O4S/c1-23-19-8-4-24(21,22)9-3-5(10(20)18-11(16)17)7(2-6(8)9)12(13,14)15/h2-3H,4H2,1H3,(H4,16,17,18,20)/b19-8+. The first-order chi connectivity index (χ1) is 11.0. The van der Waals surface area contributed by atoms with Gasteiger partial charge in [0.05, 0.1) is 16.0 Å². The number of carbonyl (C=O) groups excluding carboxylic acids is 1. The smallest absolute Gasteiger partial charge is 0.399 e. The number of aliphatic imine (C=N–C) groups is 1. The van der Waals surface area contributed by atoms with E-state index in [4.69, 9.17) is 11.5 Å². The van der Waals surface area contributed by atoms with Crippen molar-refractivity contribution in [1.29, 1.82) is 0 Å². The Balaban J connectivity index is 2.82. The van der Waals surface area contributed by atoms with Crippen molar-refractivity contribution in [3.8, 4) is 0 Å². The summed E-state index contributed by atoms with van der Waals surface area (Å²) in [5, 5.41) is 3.42. The Kier molecular flexibility index (Phi) is 4.27. The predicted molar refractivity (Wildman–Crippen MR) is 77.2 cm³/mol. The van der Waals surface area contributed by atoms with E-state index < -0.39 is 49.7 Å². The summed E-state index contributed by atoms with van der Waals surface area (Å²) in [6.07, 6.45) is -4.94. The summed E-state index contributed by atoms with van der Waals surface area (Å²) in [4.78, 5) is 18.9. The van der Waals surface area contributed by atoms with Gasteiger partial charge >= 0.3 is 6.18 Å². The van der Waals surface area contributed by atoms with Crippen LogP contribution >= 0.6 is 0 Å². The number of nitrogens with two attached hydrogens (primary N) is 2. The number of sulfone groups is 1. The van der Waals surface area contributed by atoms with E-state index >= 15 is 0 Å². The summed E-state index contributed by atoms with van der Waals surface area (Å²) in [5.74, 6) is -2.80. The highest BCUT2D eigenvalue weighted by Crippen LogP contribution is 2.38. The molecule has 1 aromatic rings. The minimum atomic E-state index is -4.94. The second kappa shape index (κ2) is 5.78. The van der Waals surface area contributed by atoms with E-state index in [1.54, 1.807) is 0 Å². The highest BCUT2D eigenvalue weighted by atomic mass is 32.2. The fraction of sp³-hybridized carbons (Fsp3) is 0.250. The normalized spacial score (nSPS) is 17.4.